The van der Waals surface area contributed by atoms with E-state index in [1.807, 2.05) is 31.2 Å². The summed E-state index contributed by atoms with van der Waals surface area (Å²) in [6, 6.07) is 7.92. The molecular weight excluding hydrogens is 200 g/mol. The van der Waals surface area contributed by atoms with E-state index in [0.717, 1.165) is 5.56 Å². The van der Waals surface area contributed by atoms with Gasteiger partial charge in [0.25, 0.3) is 0 Å². The van der Waals surface area contributed by atoms with Crippen LogP contribution in [-0.2, 0) is 10.2 Å². The van der Waals surface area contributed by atoms with Gasteiger partial charge in [0.15, 0.2) is 0 Å². The van der Waals surface area contributed by atoms with Crippen molar-refractivity contribution in [1.29, 1.82) is 0 Å². The van der Waals surface area contributed by atoms with Crippen LogP contribution in [-0.4, -0.2) is 11.1 Å². The molecule has 2 heteroatoms. The smallest absolute Gasteiger partial charge is 0.310 e. The van der Waals surface area contributed by atoms with Crippen LogP contribution in [0.5, 0.6) is 0 Å². The van der Waals surface area contributed by atoms with Gasteiger partial charge < -0.3 is 5.11 Å². The van der Waals surface area contributed by atoms with E-state index in [0.29, 0.717) is 6.42 Å². The molecule has 0 amide bonds. The Labute approximate surface area is 97.3 Å². The fourth-order valence-corrected chi connectivity index (χ4v) is 1.77. The molecule has 0 saturated carbocycles. The highest BCUT2D eigenvalue weighted by atomic mass is 16.4. The summed E-state index contributed by atoms with van der Waals surface area (Å²) < 4.78 is 0. The van der Waals surface area contributed by atoms with Gasteiger partial charge in [0.05, 0.1) is 5.92 Å². The van der Waals surface area contributed by atoms with Crippen LogP contribution < -0.4 is 0 Å². The summed E-state index contributed by atoms with van der Waals surface area (Å²) >= 11 is 0. The van der Waals surface area contributed by atoms with E-state index >= 15 is 0 Å². The number of rotatable bonds is 3. The minimum atomic E-state index is -0.744. The van der Waals surface area contributed by atoms with E-state index in [9.17, 15) is 4.79 Å². The maximum atomic E-state index is 11.0. The lowest BCUT2D eigenvalue weighted by Crippen LogP contribution is -2.13. The Balaban J connectivity index is 2.98. The lowest BCUT2D eigenvalue weighted by molar-refractivity contribution is -0.138. The Morgan fingerprint density at radius 2 is 1.75 bits per heavy atom. The van der Waals surface area contributed by atoms with Crippen molar-refractivity contribution in [2.75, 3.05) is 0 Å². The van der Waals surface area contributed by atoms with E-state index in [2.05, 4.69) is 20.8 Å². The Bertz CT molecular complexity index is 357. The van der Waals surface area contributed by atoms with Gasteiger partial charge in [0.2, 0.25) is 0 Å². The normalized spacial score (nSPS) is 13.5. The summed E-state index contributed by atoms with van der Waals surface area (Å²) in [5, 5.41) is 9.06. The number of carbonyl (C=O) groups is 1. The van der Waals surface area contributed by atoms with Gasteiger partial charge in [-0.1, -0.05) is 52.0 Å². The number of aliphatic carboxylic acids is 1. The Morgan fingerprint density at radius 3 is 2.06 bits per heavy atom. The largest absolute Gasteiger partial charge is 0.481 e. The number of hydrogen-bond acceptors (Lipinski definition) is 1. The molecule has 0 spiro atoms. The van der Waals surface area contributed by atoms with Crippen LogP contribution in [0, 0.1) is 0 Å². The van der Waals surface area contributed by atoms with Crippen LogP contribution in [0.15, 0.2) is 24.3 Å². The minimum Gasteiger partial charge on any atom is -0.481 e. The number of benzene rings is 1. The molecular formula is C14H20O2. The third-order valence-corrected chi connectivity index (χ3v) is 2.89. The van der Waals surface area contributed by atoms with Crippen LogP contribution in [0.1, 0.15) is 51.2 Å². The third-order valence-electron chi connectivity index (χ3n) is 2.89. The van der Waals surface area contributed by atoms with Crippen LogP contribution in [0.3, 0.4) is 0 Å². The minimum absolute atomic E-state index is 0.115. The molecule has 0 aliphatic carbocycles. The summed E-state index contributed by atoms with van der Waals surface area (Å²) in [5.41, 5.74) is 2.24. The van der Waals surface area contributed by atoms with Gasteiger partial charge in [-0.05, 0) is 23.0 Å². The second-order valence-corrected chi connectivity index (χ2v) is 5.17. The van der Waals surface area contributed by atoms with Crippen molar-refractivity contribution >= 4 is 5.97 Å². The van der Waals surface area contributed by atoms with Crippen LogP contribution in [0.4, 0.5) is 0 Å². The Hall–Kier alpha value is -1.31. The zero-order valence-electron chi connectivity index (χ0n) is 10.4. The first-order valence-corrected chi connectivity index (χ1v) is 5.69. The van der Waals surface area contributed by atoms with Crippen LogP contribution in [0.2, 0.25) is 0 Å². The molecule has 0 aliphatic rings. The Kier molecular flexibility index (Phi) is 3.74. The van der Waals surface area contributed by atoms with Crippen LogP contribution >= 0.6 is 0 Å². The molecule has 0 aliphatic heterocycles. The average Bonchev–Trinajstić information content (AvgIpc) is 2.17. The molecule has 2 nitrogen and oxygen atoms in total. The molecule has 1 rings (SSSR count). The molecule has 0 bridgehead atoms. The van der Waals surface area contributed by atoms with E-state index in [1.165, 1.54) is 5.56 Å². The SMILES string of the molecule is CC[C@@H](C(=O)O)c1ccc(C(C)(C)C)cc1. The predicted octanol–water partition coefficient (Wildman–Crippen LogP) is 3.56. The zero-order chi connectivity index (χ0) is 12.3. The molecule has 1 aromatic rings. The Morgan fingerprint density at radius 1 is 1.25 bits per heavy atom. The fourth-order valence-electron chi connectivity index (χ4n) is 1.77. The van der Waals surface area contributed by atoms with Crippen molar-refractivity contribution in [1.82, 2.24) is 0 Å². The monoisotopic (exact) mass is 220 g/mol. The average molecular weight is 220 g/mol. The first-order chi connectivity index (χ1) is 7.36. The van der Waals surface area contributed by atoms with Gasteiger partial charge in [0.1, 0.15) is 0 Å². The lowest BCUT2D eigenvalue weighted by atomic mass is 9.85. The summed E-state index contributed by atoms with van der Waals surface area (Å²) in [5.74, 6) is -1.12. The van der Waals surface area contributed by atoms with Gasteiger partial charge in [-0.3, -0.25) is 4.79 Å². The summed E-state index contributed by atoms with van der Waals surface area (Å²) in [4.78, 5) is 11.0. The summed E-state index contributed by atoms with van der Waals surface area (Å²) in [7, 11) is 0. The van der Waals surface area contributed by atoms with E-state index in [1.54, 1.807) is 0 Å². The molecule has 0 unspecified atom stereocenters. The van der Waals surface area contributed by atoms with Crippen molar-refractivity contribution < 1.29 is 9.90 Å². The third kappa shape index (κ3) is 2.84. The zero-order valence-corrected chi connectivity index (χ0v) is 10.4. The van der Waals surface area contributed by atoms with Gasteiger partial charge in [-0.2, -0.15) is 0 Å². The molecule has 1 N–H and O–H groups in total. The topological polar surface area (TPSA) is 37.3 Å². The molecule has 0 fully saturated rings. The molecule has 0 saturated heterocycles. The van der Waals surface area contributed by atoms with E-state index < -0.39 is 5.97 Å². The number of carboxylic acid groups (broad SMARTS) is 1. The maximum Gasteiger partial charge on any atom is 0.310 e. The summed E-state index contributed by atoms with van der Waals surface area (Å²) in [6.45, 7) is 8.35. The molecule has 88 valence electrons. The second-order valence-electron chi connectivity index (χ2n) is 5.17. The van der Waals surface area contributed by atoms with Gasteiger partial charge in [-0.15, -0.1) is 0 Å². The predicted molar refractivity (Wildman–Crippen MR) is 65.8 cm³/mol. The molecule has 16 heavy (non-hydrogen) atoms. The van der Waals surface area contributed by atoms with Crippen LogP contribution in [0.25, 0.3) is 0 Å². The molecule has 1 aromatic carbocycles. The van der Waals surface area contributed by atoms with Gasteiger partial charge in [-0.25, -0.2) is 0 Å². The second kappa shape index (κ2) is 4.69. The number of carboxylic acids is 1. The highest BCUT2D eigenvalue weighted by Crippen LogP contribution is 2.25. The fraction of sp³-hybridized carbons (Fsp3) is 0.500. The van der Waals surface area contributed by atoms with Crippen molar-refractivity contribution in [3.63, 3.8) is 0 Å². The summed E-state index contributed by atoms with van der Waals surface area (Å²) in [6.07, 6.45) is 0.629. The molecule has 0 aromatic heterocycles. The first kappa shape index (κ1) is 12.8. The van der Waals surface area contributed by atoms with Gasteiger partial charge in [0, 0.05) is 0 Å². The van der Waals surface area contributed by atoms with Crippen molar-refractivity contribution in [3.05, 3.63) is 35.4 Å². The van der Waals surface area contributed by atoms with E-state index in [-0.39, 0.29) is 11.3 Å². The lowest BCUT2D eigenvalue weighted by Gasteiger charge is -2.20. The van der Waals surface area contributed by atoms with Crippen molar-refractivity contribution in [3.8, 4) is 0 Å². The molecule has 0 radical (unpaired) electrons. The highest BCUT2D eigenvalue weighted by Gasteiger charge is 2.19. The molecule has 1 atom stereocenters. The highest BCUT2D eigenvalue weighted by molar-refractivity contribution is 5.75. The maximum absolute atomic E-state index is 11.0. The van der Waals surface area contributed by atoms with Crippen molar-refractivity contribution in [2.24, 2.45) is 0 Å². The van der Waals surface area contributed by atoms with Crippen molar-refractivity contribution in [2.45, 2.75) is 45.4 Å². The van der Waals surface area contributed by atoms with E-state index in [4.69, 9.17) is 5.11 Å². The quantitative estimate of drug-likeness (QED) is 0.845. The standard InChI is InChI=1S/C14H20O2/c1-5-12(13(15)16)10-6-8-11(9-7-10)14(2,3)4/h6-9,12H,5H2,1-4H3,(H,15,16)/t12-/m1/s1. The number of hydrogen-bond donors (Lipinski definition) is 1. The van der Waals surface area contributed by atoms with Gasteiger partial charge >= 0.3 is 5.97 Å². The first-order valence-electron chi connectivity index (χ1n) is 5.69. The molecule has 0 heterocycles.